The fourth-order valence-electron chi connectivity index (χ4n) is 6.64. The highest BCUT2D eigenvalue weighted by Gasteiger charge is 2.27. The molecular formula is C43H28N4. The number of para-hydroxylation sites is 1. The van der Waals surface area contributed by atoms with Gasteiger partial charge in [0.1, 0.15) is 0 Å². The van der Waals surface area contributed by atoms with Gasteiger partial charge in [0.05, 0.1) is 28.3 Å². The average Bonchev–Trinajstić information content (AvgIpc) is 3.16. The molecule has 0 radical (unpaired) electrons. The molecule has 4 nitrogen and oxygen atoms in total. The highest BCUT2D eigenvalue weighted by atomic mass is 15.2. The number of pyridine rings is 1. The second-order valence-corrected chi connectivity index (χ2v) is 11.7. The Hall–Kier alpha value is -6.39. The summed E-state index contributed by atoms with van der Waals surface area (Å²) in [5, 5.41) is 1.14. The molecule has 0 fully saturated rings. The zero-order valence-electron chi connectivity index (χ0n) is 25.5. The monoisotopic (exact) mass is 600 g/mol. The Morgan fingerprint density at radius 1 is 0.404 bits per heavy atom. The molecule has 0 amide bonds. The summed E-state index contributed by atoms with van der Waals surface area (Å²) >= 11 is 0. The summed E-state index contributed by atoms with van der Waals surface area (Å²) in [6, 6.07) is 57.1. The van der Waals surface area contributed by atoms with Gasteiger partial charge in [-0.25, -0.2) is 9.97 Å². The van der Waals surface area contributed by atoms with Crippen LogP contribution in [-0.2, 0) is 0 Å². The van der Waals surface area contributed by atoms with Crippen molar-refractivity contribution in [2.75, 3.05) is 4.90 Å². The van der Waals surface area contributed by atoms with Crippen molar-refractivity contribution < 1.29 is 0 Å². The molecule has 0 saturated heterocycles. The van der Waals surface area contributed by atoms with Crippen LogP contribution in [-0.4, -0.2) is 15.0 Å². The molecule has 3 heterocycles. The van der Waals surface area contributed by atoms with Gasteiger partial charge in [0.2, 0.25) is 0 Å². The van der Waals surface area contributed by atoms with E-state index in [0.29, 0.717) is 5.82 Å². The fourth-order valence-corrected chi connectivity index (χ4v) is 6.64. The highest BCUT2D eigenvalue weighted by Crippen LogP contribution is 2.51. The van der Waals surface area contributed by atoms with Gasteiger partial charge >= 0.3 is 0 Å². The fraction of sp³-hybridized carbons (Fsp3) is 0. The van der Waals surface area contributed by atoms with Gasteiger partial charge in [-0.15, -0.1) is 0 Å². The first-order valence-electron chi connectivity index (χ1n) is 15.8. The molecule has 8 aromatic rings. The van der Waals surface area contributed by atoms with Crippen LogP contribution in [0.3, 0.4) is 0 Å². The van der Waals surface area contributed by atoms with E-state index in [0.717, 1.165) is 61.6 Å². The normalized spacial score (nSPS) is 11.8. The first kappa shape index (κ1) is 27.0. The van der Waals surface area contributed by atoms with Crippen LogP contribution in [0.2, 0.25) is 0 Å². The maximum atomic E-state index is 5.10. The summed E-state index contributed by atoms with van der Waals surface area (Å²) in [4.78, 5) is 17.4. The lowest BCUT2D eigenvalue weighted by Crippen LogP contribution is -2.15. The summed E-state index contributed by atoms with van der Waals surface area (Å²) in [7, 11) is 0. The molecule has 47 heavy (non-hydrogen) atoms. The van der Waals surface area contributed by atoms with E-state index in [1.807, 2.05) is 42.6 Å². The molecular weight excluding hydrogens is 573 g/mol. The molecule has 0 atom stereocenters. The lowest BCUT2D eigenvalue weighted by molar-refractivity contribution is 1.18. The molecule has 1 aliphatic heterocycles. The van der Waals surface area contributed by atoms with Gasteiger partial charge in [-0.1, -0.05) is 121 Å². The Bertz CT molecular complexity index is 2350. The van der Waals surface area contributed by atoms with Crippen LogP contribution >= 0.6 is 0 Å². The highest BCUT2D eigenvalue weighted by molar-refractivity contribution is 6.14. The Labute approximate surface area is 273 Å². The van der Waals surface area contributed by atoms with Crippen LogP contribution in [0.4, 0.5) is 17.1 Å². The van der Waals surface area contributed by atoms with Gasteiger partial charge in [0.25, 0.3) is 0 Å². The van der Waals surface area contributed by atoms with Crippen LogP contribution in [0.15, 0.2) is 170 Å². The van der Waals surface area contributed by atoms with Crippen LogP contribution in [0.1, 0.15) is 0 Å². The van der Waals surface area contributed by atoms with E-state index in [4.69, 9.17) is 15.0 Å². The Kier molecular flexibility index (Phi) is 6.43. The van der Waals surface area contributed by atoms with Crippen molar-refractivity contribution in [1.29, 1.82) is 0 Å². The SMILES string of the molecule is c1ccc(-c2cc3c4c(ccnc4c2)N(c2cccc(-c4nc(-c5ccccc5)cc(-c5ccccc5)n4)c2)c2ccccc2-3)cc1. The maximum absolute atomic E-state index is 5.10. The zero-order chi connectivity index (χ0) is 31.2. The molecule has 0 spiro atoms. The largest absolute Gasteiger partial charge is 0.309 e. The van der Waals surface area contributed by atoms with Crippen molar-refractivity contribution >= 4 is 28.0 Å². The number of rotatable bonds is 5. The molecule has 9 rings (SSSR count). The van der Waals surface area contributed by atoms with Crippen molar-refractivity contribution in [3.8, 4) is 56.2 Å². The third kappa shape index (κ3) is 4.75. The number of hydrogen-bond donors (Lipinski definition) is 0. The third-order valence-corrected chi connectivity index (χ3v) is 8.83. The van der Waals surface area contributed by atoms with Crippen LogP contribution in [0, 0.1) is 0 Å². The van der Waals surface area contributed by atoms with Crippen LogP contribution in [0.25, 0.3) is 67.1 Å². The number of benzene rings is 6. The first-order chi connectivity index (χ1) is 23.3. The molecule has 1 aliphatic rings. The molecule has 2 aromatic heterocycles. The zero-order valence-corrected chi connectivity index (χ0v) is 25.5. The summed E-state index contributed by atoms with van der Waals surface area (Å²) in [6.07, 6.45) is 1.92. The van der Waals surface area contributed by atoms with Crippen molar-refractivity contribution in [1.82, 2.24) is 15.0 Å². The van der Waals surface area contributed by atoms with Crippen molar-refractivity contribution in [3.05, 3.63) is 170 Å². The molecule has 0 bridgehead atoms. The van der Waals surface area contributed by atoms with E-state index >= 15 is 0 Å². The molecule has 0 aliphatic carbocycles. The minimum absolute atomic E-state index is 0.685. The van der Waals surface area contributed by atoms with Crippen LogP contribution < -0.4 is 4.90 Å². The van der Waals surface area contributed by atoms with Crippen molar-refractivity contribution in [2.45, 2.75) is 0 Å². The maximum Gasteiger partial charge on any atom is 0.160 e. The van der Waals surface area contributed by atoms with Crippen LogP contribution in [0.5, 0.6) is 0 Å². The summed E-state index contributed by atoms with van der Waals surface area (Å²) in [6.45, 7) is 0. The molecule has 0 saturated carbocycles. The second kappa shape index (κ2) is 11.2. The van der Waals surface area contributed by atoms with Gasteiger partial charge < -0.3 is 4.90 Å². The van der Waals surface area contributed by atoms with Crippen molar-refractivity contribution in [2.24, 2.45) is 0 Å². The quantitative estimate of drug-likeness (QED) is 0.197. The molecule has 0 unspecified atom stereocenters. The third-order valence-electron chi connectivity index (χ3n) is 8.83. The number of aromatic nitrogens is 3. The minimum Gasteiger partial charge on any atom is -0.309 e. The Morgan fingerprint density at radius 3 is 1.72 bits per heavy atom. The smallest absolute Gasteiger partial charge is 0.160 e. The topological polar surface area (TPSA) is 41.9 Å². The molecule has 220 valence electrons. The predicted octanol–water partition coefficient (Wildman–Crippen LogP) is 11.1. The number of nitrogens with zero attached hydrogens (tertiary/aromatic N) is 4. The Morgan fingerprint density at radius 2 is 1.02 bits per heavy atom. The van der Waals surface area contributed by atoms with E-state index in [1.165, 1.54) is 16.7 Å². The molecule has 6 aromatic carbocycles. The number of fused-ring (bicyclic) bond motifs is 2. The van der Waals surface area contributed by atoms with Gasteiger partial charge in [-0.05, 0) is 59.2 Å². The number of anilines is 3. The lowest BCUT2D eigenvalue weighted by atomic mass is 9.89. The van der Waals surface area contributed by atoms with Gasteiger partial charge in [0.15, 0.2) is 5.82 Å². The summed E-state index contributed by atoms with van der Waals surface area (Å²) in [5.74, 6) is 0.685. The van der Waals surface area contributed by atoms with Gasteiger partial charge in [0, 0.05) is 39.5 Å². The average molecular weight is 601 g/mol. The first-order valence-corrected chi connectivity index (χ1v) is 15.8. The number of hydrogen-bond acceptors (Lipinski definition) is 4. The van der Waals surface area contributed by atoms with E-state index in [2.05, 4.69) is 132 Å². The Balaban J connectivity index is 1.22. The standard InChI is InChI=1S/C43H28N4/c1-4-13-29(14-5-1)33-26-36-35-21-10-11-22-40(35)47(41-23-24-44-39(27-33)42(36)41)34-20-12-19-32(25-34)43-45-37(30-15-6-2-7-16-30)28-38(46-43)31-17-8-3-9-18-31/h1-28H. The second-order valence-electron chi connectivity index (χ2n) is 11.7. The molecule has 4 heteroatoms. The lowest BCUT2D eigenvalue weighted by Gasteiger charge is -2.33. The van der Waals surface area contributed by atoms with E-state index < -0.39 is 0 Å². The summed E-state index contributed by atoms with van der Waals surface area (Å²) < 4.78 is 0. The minimum atomic E-state index is 0.685. The predicted molar refractivity (Wildman–Crippen MR) is 193 cm³/mol. The van der Waals surface area contributed by atoms with E-state index in [-0.39, 0.29) is 0 Å². The van der Waals surface area contributed by atoms with E-state index in [9.17, 15) is 0 Å². The summed E-state index contributed by atoms with van der Waals surface area (Å²) in [5.41, 5.74) is 13.8. The van der Waals surface area contributed by atoms with Gasteiger partial charge in [-0.3, -0.25) is 4.98 Å². The molecule has 0 N–H and O–H groups in total. The van der Waals surface area contributed by atoms with Crippen molar-refractivity contribution in [3.63, 3.8) is 0 Å². The van der Waals surface area contributed by atoms with Gasteiger partial charge in [-0.2, -0.15) is 0 Å². The van der Waals surface area contributed by atoms with E-state index in [1.54, 1.807) is 0 Å².